The monoisotopic (exact) mass is 887 g/mol. The van der Waals surface area contributed by atoms with Crippen LogP contribution in [0, 0.1) is 32.1 Å². The topological polar surface area (TPSA) is 63.3 Å². The van der Waals surface area contributed by atoms with Crippen molar-refractivity contribution in [1.82, 2.24) is 29.3 Å². The average molecular weight is 888 g/mol. The van der Waals surface area contributed by atoms with Gasteiger partial charge in [-0.05, 0) is 131 Å². The number of hydrogen-bond donors (Lipinski definition) is 1. The molecule has 0 saturated carbocycles. The molecule has 0 fully saturated rings. The van der Waals surface area contributed by atoms with Crippen LogP contribution in [0.1, 0.15) is 78.1 Å². The molecule has 7 nitrogen and oxygen atoms in total. The molecule has 0 saturated heterocycles. The molecule has 5 unspecified atom stereocenters. The van der Waals surface area contributed by atoms with Gasteiger partial charge in [0.05, 0.1) is 39.6 Å². The van der Waals surface area contributed by atoms with Crippen molar-refractivity contribution in [3.8, 4) is 16.9 Å². The van der Waals surface area contributed by atoms with Crippen LogP contribution in [0.3, 0.4) is 0 Å². The standard InChI is InChI=1S/C61H57N7/c1-38-23-27-52-46(34-38)47-35-39(2)24-28-53(47)67(52)56-43(50-21-10-12-32-62-50)18-14-19-45(56)58-64-59(42-16-8-7-9-17-42)66(6)60(65-58)61(5)31-15-20-44(51-22-11-13-33-63-51)57(61)68-54-29-25-40(3)36-48(54)49-37-41(4)26-30-55(49)68/h7-8,10-16,18-36,41,57-59,64H,9,17,37H2,1-6H3. The fourth-order valence-corrected chi connectivity index (χ4v) is 11.8. The van der Waals surface area contributed by atoms with Crippen LogP contribution < -0.4 is 5.32 Å². The number of aryl methyl sites for hydroxylation is 3. The predicted molar refractivity (Wildman–Crippen MR) is 282 cm³/mol. The number of nitrogens with zero attached hydrogens (tertiary/aromatic N) is 6. The highest BCUT2D eigenvalue weighted by atomic mass is 15.4. The van der Waals surface area contributed by atoms with Gasteiger partial charge in [-0.3, -0.25) is 15.3 Å². The van der Waals surface area contributed by atoms with Crippen LogP contribution in [-0.2, 0) is 6.42 Å². The number of hydrogen-bond acceptors (Lipinski definition) is 5. The Hall–Kier alpha value is -7.35. The molecule has 4 aromatic heterocycles. The summed E-state index contributed by atoms with van der Waals surface area (Å²) in [5.74, 6) is 1.46. The highest BCUT2D eigenvalue weighted by Gasteiger charge is 2.49. The van der Waals surface area contributed by atoms with E-state index in [1.54, 1.807) is 0 Å². The first-order valence-electron chi connectivity index (χ1n) is 24.3. The quantitative estimate of drug-likeness (QED) is 0.173. The lowest BCUT2D eigenvalue weighted by atomic mass is 9.72. The van der Waals surface area contributed by atoms with E-state index < -0.39 is 11.6 Å². The molecular weight excluding hydrogens is 831 g/mol. The number of nitrogens with one attached hydrogen (secondary N) is 1. The van der Waals surface area contributed by atoms with E-state index in [4.69, 9.17) is 15.0 Å². The minimum atomic E-state index is -0.651. The summed E-state index contributed by atoms with van der Waals surface area (Å²) in [5, 5.41) is 7.99. The highest BCUT2D eigenvalue weighted by molar-refractivity contribution is 6.10. The SMILES string of the molecule is Cc1ccc2c(c1)c1c(n2C2C(c3ccccn3)=CC=CC2(C)C2=NC(c3cccc(-c4ccccn4)c3-n3c4ccc(C)cc4c4cc(C)ccc43)NC(C3=CC=CCC3)N2C)C=CC(C)C1. The number of allylic oxidation sites excluding steroid dienone is 7. The van der Waals surface area contributed by atoms with Crippen LogP contribution in [0.4, 0.5) is 0 Å². The summed E-state index contributed by atoms with van der Waals surface area (Å²) in [6, 6.07) is 39.8. The number of para-hydroxylation sites is 1. The summed E-state index contributed by atoms with van der Waals surface area (Å²) in [5.41, 5.74) is 16.9. The molecule has 336 valence electrons. The van der Waals surface area contributed by atoms with Gasteiger partial charge in [0, 0.05) is 63.5 Å². The van der Waals surface area contributed by atoms with Gasteiger partial charge in [0.15, 0.2) is 0 Å². The maximum absolute atomic E-state index is 6.10. The molecule has 0 spiro atoms. The molecule has 8 aromatic rings. The molecule has 12 rings (SSSR count). The zero-order valence-corrected chi connectivity index (χ0v) is 39.8. The third-order valence-corrected chi connectivity index (χ3v) is 15.0. The minimum Gasteiger partial charge on any atom is -0.343 e. The Morgan fingerprint density at radius 3 is 2.09 bits per heavy atom. The lowest BCUT2D eigenvalue weighted by molar-refractivity contribution is 0.246. The van der Waals surface area contributed by atoms with E-state index in [0.29, 0.717) is 5.92 Å². The third-order valence-electron chi connectivity index (χ3n) is 15.0. The zero-order valence-electron chi connectivity index (χ0n) is 39.8. The molecule has 5 heterocycles. The summed E-state index contributed by atoms with van der Waals surface area (Å²) in [4.78, 5) is 18.6. The van der Waals surface area contributed by atoms with Gasteiger partial charge in [0.25, 0.3) is 0 Å². The number of likely N-dealkylation sites (N-methyl/N-ethyl adjacent to an activating group) is 1. The van der Waals surface area contributed by atoms with Gasteiger partial charge in [-0.15, -0.1) is 0 Å². The third kappa shape index (κ3) is 6.77. The van der Waals surface area contributed by atoms with Crippen LogP contribution in [0.25, 0.3) is 61.3 Å². The predicted octanol–water partition coefficient (Wildman–Crippen LogP) is 13.8. The number of amidine groups is 1. The molecule has 4 aromatic carbocycles. The second kappa shape index (κ2) is 16.5. The summed E-state index contributed by atoms with van der Waals surface area (Å²) in [6.45, 7) is 11.3. The molecule has 0 bridgehead atoms. The molecule has 7 heteroatoms. The van der Waals surface area contributed by atoms with Crippen LogP contribution in [0.15, 0.2) is 175 Å². The van der Waals surface area contributed by atoms with E-state index in [0.717, 1.165) is 64.3 Å². The van der Waals surface area contributed by atoms with E-state index in [9.17, 15) is 0 Å². The lowest BCUT2D eigenvalue weighted by Gasteiger charge is -2.49. The highest BCUT2D eigenvalue weighted by Crippen LogP contribution is 2.52. The number of rotatable bonds is 7. The second-order valence-electron chi connectivity index (χ2n) is 19.8. The van der Waals surface area contributed by atoms with Crippen molar-refractivity contribution in [3.63, 3.8) is 0 Å². The van der Waals surface area contributed by atoms with Gasteiger partial charge in [-0.2, -0.15) is 0 Å². The Kier molecular flexibility index (Phi) is 10.2. The Morgan fingerprint density at radius 1 is 0.721 bits per heavy atom. The Balaban J connectivity index is 1.14. The smallest absolute Gasteiger partial charge is 0.131 e. The number of aromatic nitrogens is 4. The molecule has 68 heavy (non-hydrogen) atoms. The Morgan fingerprint density at radius 2 is 1.41 bits per heavy atom. The first kappa shape index (κ1) is 42.0. The molecule has 0 radical (unpaired) electrons. The van der Waals surface area contributed by atoms with E-state index in [1.807, 2.05) is 24.5 Å². The van der Waals surface area contributed by atoms with E-state index in [2.05, 4.69) is 207 Å². The van der Waals surface area contributed by atoms with Crippen LogP contribution in [-0.4, -0.2) is 43.1 Å². The summed E-state index contributed by atoms with van der Waals surface area (Å²) in [7, 11) is 2.25. The fourth-order valence-electron chi connectivity index (χ4n) is 11.8. The van der Waals surface area contributed by atoms with Crippen LogP contribution in [0.5, 0.6) is 0 Å². The number of pyridine rings is 2. The number of aliphatic imine (C=N–C) groups is 1. The van der Waals surface area contributed by atoms with Crippen molar-refractivity contribution in [3.05, 3.63) is 209 Å². The van der Waals surface area contributed by atoms with Crippen molar-refractivity contribution >= 4 is 50.2 Å². The van der Waals surface area contributed by atoms with Gasteiger partial charge in [-0.25, -0.2) is 4.99 Å². The number of benzene rings is 4. The van der Waals surface area contributed by atoms with E-state index >= 15 is 0 Å². The average Bonchev–Trinajstić information content (AvgIpc) is 3.84. The van der Waals surface area contributed by atoms with E-state index in [1.165, 1.54) is 60.8 Å². The Labute approximate surface area is 399 Å². The van der Waals surface area contributed by atoms with Crippen molar-refractivity contribution in [1.29, 1.82) is 0 Å². The maximum atomic E-state index is 6.10. The largest absolute Gasteiger partial charge is 0.343 e. The molecular formula is C61H57N7. The molecule has 5 atom stereocenters. The summed E-state index contributed by atoms with van der Waals surface area (Å²) < 4.78 is 5.12. The second-order valence-corrected chi connectivity index (χ2v) is 19.8. The maximum Gasteiger partial charge on any atom is 0.131 e. The number of fused-ring (bicyclic) bond motifs is 6. The summed E-state index contributed by atoms with van der Waals surface area (Å²) in [6.07, 6.45) is 24.8. The fraction of sp³-hybridized carbons (Fsp3) is 0.230. The van der Waals surface area contributed by atoms with Gasteiger partial charge >= 0.3 is 0 Å². The molecule has 0 amide bonds. The zero-order chi connectivity index (χ0) is 46.3. The first-order chi connectivity index (χ1) is 33.2. The molecule has 1 N–H and O–H groups in total. The summed E-state index contributed by atoms with van der Waals surface area (Å²) >= 11 is 0. The van der Waals surface area contributed by atoms with Gasteiger partial charge in [-0.1, -0.05) is 115 Å². The van der Waals surface area contributed by atoms with E-state index in [-0.39, 0.29) is 12.2 Å². The molecule has 4 aliphatic rings. The van der Waals surface area contributed by atoms with Gasteiger partial charge in [0.1, 0.15) is 18.2 Å². The van der Waals surface area contributed by atoms with Crippen molar-refractivity contribution < 1.29 is 0 Å². The van der Waals surface area contributed by atoms with Gasteiger partial charge < -0.3 is 14.0 Å². The Bertz CT molecular complexity index is 3450. The molecule has 3 aliphatic carbocycles. The normalized spacial score (nSPS) is 22.4. The van der Waals surface area contributed by atoms with Crippen LogP contribution >= 0.6 is 0 Å². The first-order valence-corrected chi connectivity index (χ1v) is 24.3. The van der Waals surface area contributed by atoms with Crippen molar-refractivity contribution in [2.24, 2.45) is 16.3 Å². The minimum absolute atomic E-state index is 0.138. The van der Waals surface area contributed by atoms with Gasteiger partial charge in [0.2, 0.25) is 0 Å². The molecule has 1 aliphatic heterocycles. The van der Waals surface area contributed by atoms with Crippen molar-refractivity contribution in [2.75, 3.05) is 7.05 Å². The van der Waals surface area contributed by atoms with Crippen molar-refractivity contribution in [2.45, 2.75) is 72.3 Å². The lowest BCUT2D eigenvalue weighted by Crippen LogP contribution is -2.58. The van der Waals surface area contributed by atoms with Crippen LogP contribution in [0.2, 0.25) is 0 Å².